The van der Waals surface area contributed by atoms with E-state index in [2.05, 4.69) is 20.8 Å². The molecule has 4 rings (SSSR count). The van der Waals surface area contributed by atoms with E-state index in [9.17, 15) is 20.1 Å². The van der Waals surface area contributed by atoms with Crippen molar-refractivity contribution in [3.05, 3.63) is 0 Å². The Morgan fingerprint density at radius 1 is 1.03 bits per heavy atom. The van der Waals surface area contributed by atoms with Crippen LogP contribution in [-0.2, 0) is 4.79 Å². The number of aliphatic carboxylic acids is 1. The molecule has 4 fully saturated rings. The summed E-state index contributed by atoms with van der Waals surface area (Å²) >= 11 is 0. The van der Waals surface area contributed by atoms with Crippen LogP contribution in [0, 0.1) is 46.3 Å². The van der Waals surface area contributed by atoms with Crippen molar-refractivity contribution in [1.82, 2.24) is 0 Å². The number of aliphatic hydroxyl groups is 3. The van der Waals surface area contributed by atoms with Crippen LogP contribution < -0.4 is 0 Å². The van der Waals surface area contributed by atoms with Crippen molar-refractivity contribution >= 4 is 5.97 Å². The number of aliphatic hydroxyl groups excluding tert-OH is 3. The number of carboxylic acid groups (broad SMARTS) is 1. The van der Waals surface area contributed by atoms with Crippen LogP contribution in [-0.4, -0.2) is 44.7 Å². The Bertz CT molecular complexity index is 637. The summed E-state index contributed by atoms with van der Waals surface area (Å²) in [6, 6.07) is 0. The molecule has 4 aliphatic carbocycles. The maximum absolute atomic E-state index is 11.5. The number of fused-ring (bicyclic) bond motifs is 5. The van der Waals surface area contributed by atoms with Crippen LogP contribution in [0.15, 0.2) is 0 Å². The van der Waals surface area contributed by atoms with Crippen molar-refractivity contribution in [3.63, 3.8) is 0 Å². The molecule has 9 unspecified atom stereocenters. The van der Waals surface area contributed by atoms with E-state index < -0.39 is 12.1 Å². The van der Waals surface area contributed by atoms with Gasteiger partial charge in [-0.05, 0) is 97.7 Å². The highest BCUT2D eigenvalue weighted by molar-refractivity contribution is 5.66. The molecule has 4 aliphatic rings. The lowest BCUT2D eigenvalue weighted by molar-refractivity contribution is -0.207. The van der Waals surface area contributed by atoms with E-state index in [-0.39, 0.29) is 41.3 Å². The lowest BCUT2D eigenvalue weighted by Crippen LogP contribution is -2.62. The highest BCUT2D eigenvalue weighted by Gasteiger charge is 2.65. The van der Waals surface area contributed by atoms with Gasteiger partial charge in [-0.1, -0.05) is 20.8 Å². The second-order valence-corrected chi connectivity index (χ2v) is 11.4. The molecule has 0 heterocycles. The van der Waals surface area contributed by atoms with E-state index in [1.54, 1.807) is 0 Å². The zero-order valence-electron chi connectivity index (χ0n) is 18.3. The topological polar surface area (TPSA) is 98.0 Å². The van der Waals surface area contributed by atoms with E-state index in [4.69, 9.17) is 5.11 Å². The van der Waals surface area contributed by atoms with Crippen LogP contribution in [0.5, 0.6) is 0 Å². The molecule has 0 saturated heterocycles. The van der Waals surface area contributed by atoms with E-state index in [0.717, 1.165) is 44.9 Å². The molecule has 0 aromatic rings. The Balaban J connectivity index is 1.61. The Kier molecular flexibility index (Phi) is 5.57. The summed E-state index contributed by atoms with van der Waals surface area (Å²) in [7, 11) is 0. The SMILES string of the molecule is CC(CCC(=O)O)C1CCC2C3C(O)CC4C[C@H](O)CCC4(C)C3C[C@H](O)C12C. The van der Waals surface area contributed by atoms with E-state index in [0.29, 0.717) is 30.1 Å². The molecular weight excluding hydrogens is 368 g/mol. The van der Waals surface area contributed by atoms with Gasteiger partial charge >= 0.3 is 5.97 Å². The first kappa shape index (κ1) is 21.6. The zero-order valence-corrected chi connectivity index (χ0v) is 18.3. The molecule has 0 radical (unpaired) electrons. The average molecular weight is 409 g/mol. The summed E-state index contributed by atoms with van der Waals surface area (Å²) in [5.41, 5.74) is -0.143. The van der Waals surface area contributed by atoms with Crippen LogP contribution in [0.3, 0.4) is 0 Å². The van der Waals surface area contributed by atoms with Gasteiger partial charge in [0.05, 0.1) is 18.3 Å². The third kappa shape index (κ3) is 3.27. The third-order valence-corrected chi connectivity index (χ3v) is 10.3. The molecule has 0 aromatic heterocycles. The number of carbonyl (C=O) groups is 1. The van der Waals surface area contributed by atoms with Crippen molar-refractivity contribution in [1.29, 1.82) is 0 Å². The predicted molar refractivity (Wildman–Crippen MR) is 110 cm³/mol. The van der Waals surface area contributed by atoms with Gasteiger partial charge in [0.25, 0.3) is 0 Å². The summed E-state index contributed by atoms with van der Waals surface area (Å²) in [6.45, 7) is 6.72. The molecule has 11 atom stereocenters. The minimum Gasteiger partial charge on any atom is -0.481 e. The maximum Gasteiger partial charge on any atom is 0.303 e. The largest absolute Gasteiger partial charge is 0.481 e. The van der Waals surface area contributed by atoms with Gasteiger partial charge in [-0.25, -0.2) is 0 Å². The molecule has 0 aliphatic heterocycles. The number of rotatable bonds is 4. The molecule has 4 saturated carbocycles. The first-order chi connectivity index (χ1) is 13.6. The average Bonchev–Trinajstić information content (AvgIpc) is 3.01. The minimum absolute atomic E-state index is 0.0957. The van der Waals surface area contributed by atoms with Crippen LogP contribution in [0.25, 0.3) is 0 Å². The molecule has 0 amide bonds. The van der Waals surface area contributed by atoms with Crippen molar-refractivity contribution in [2.45, 2.75) is 96.9 Å². The number of hydrogen-bond acceptors (Lipinski definition) is 4. The Morgan fingerprint density at radius 3 is 2.45 bits per heavy atom. The molecule has 29 heavy (non-hydrogen) atoms. The van der Waals surface area contributed by atoms with Gasteiger partial charge in [-0.3, -0.25) is 4.79 Å². The molecular formula is C24H40O5. The first-order valence-corrected chi connectivity index (χ1v) is 11.8. The van der Waals surface area contributed by atoms with Gasteiger partial charge in [0, 0.05) is 6.42 Å². The van der Waals surface area contributed by atoms with E-state index >= 15 is 0 Å². The third-order valence-electron chi connectivity index (χ3n) is 10.3. The summed E-state index contributed by atoms with van der Waals surface area (Å²) in [5.74, 6) is 0.997. The second-order valence-electron chi connectivity index (χ2n) is 11.4. The summed E-state index contributed by atoms with van der Waals surface area (Å²) in [5, 5.41) is 42.0. The van der Waals surface area contributed by atoms with Gasteiger partial charge in [-0.15, -0.1) is 0 Å². The first-order valence-electron chi connectivity index (χ1n) is 11.8. The van der Waals surface area contributed by atoms with E-state index in [1.165, 1.54) is 0 Å². The lowest BCUT2D eigenvalue weighted by Gasteiger charge is -2.63. The Morgan fingerprint density at radius 2 is 1.76 bits per heavy atom. The van der Waals surface area contributed by atoms with Gasteiger partial charge in [0.15, 0.2) is 0 Å². The fourth-order valence-corrected chi connectivity index (χ4v) is 8.68. The highest BCUT2D eigenvalue weighted by atomic mass is 16.4. The monoisotopic (exact) mass is 408 g/mol. The predicted octanol–water partition coefficient (Wildman–Crippen LogP) is 3.45. The van der Waals surface area contributed by atoms with Gasteiger partial charge in [-0.2, -0.15) is 0 Å². The van der Waals surface area contributed by atoms with E-state index in [1.807, 2.05) is 0 Å². The Labute approximate surface area is 174 Å². The molecule has 0 aromatic carbocycles. The lowest BCUT2D eigenvalue weighted by atomic mass is 9.43. The van der Waals surface area contributed by atoms with Crippen molar-refractivity contribution in [3.8, 4) is 0 Å². The fraction of sp³-hybridized carbons (Fsp3) is 0.958. The maximum atomic E-state index is 11.5. The zero-order chi connectivity index (χ0) is 21.1. The normalized spacial score (nSPS) is 52.9. The second kappa shape index (κ2) is 7.49. The van der Waals surface area contributed by atoms with Crippen LogP contribution >= 0.6 is 0 Å². The summed E-state index contributed by atoms with van der Waals surface area (Å²) < 4.78 is 0. The Hall–Kier alpha value is -0.650. The van der Waals surface area contributed by atoms with Crippen LogP contribution in [0.4, 0.5) is 0 Å². The molecule has 0 bridgehead atoms. The van der Waals surface area contributed by atoms with Crippen molar-refractivity contribution in [2.24, 2.45) is 46.3 Å². The molecule has 5 heteroatoms. The van der Waals surface area contributed by atoms with Crippen molar-refractivity contribution < 1.29 is 25.2 Å². The van der Waals surface area contributed by atoms with Crippen LogP contribution in [0.2, 0.25) is 0 Å². The molecule has 0 spiro atoms. The fourth-order valence-electron chi connectivity index (χ4n) is 8.68. The van der Waals surface area contributed by atoms with Gasteiger partial charge < -0.3 is 20.4 Å². The quantitative estimate of drug-likeness (QED) is 0.571. The standard InChI is InChI=1S/C24H40O5/c1-13(4-7-21(28)29)16-5-6-17-22-18(12-20(27)24(16,17)3)23(2)9-8-15(25)10-14(23)11-19(22)26/h13-20,22,25-27H,4-12H2,1-3H3,(H,28,29)/t13?,14?,15-,16?,17?,18?,19?,20+,22?,23?,24?/m1/s1. The van der Waals surface area contributed by atoms with Gasteiger partial charge in [0.1, 0.15) is 0 Å². The molecule has 5 nitrogen and oxygen atoms in total. The summed E-state index contributed by atoms with van der Waals surface area (Å²) in [6.07, 6.45) is 6.00. The molecule has 4 N–H and O–H groups in total. The number of carboxylic acids is 1. The van der Waals surface area contributed by atoms with Gasteiger partial charge in [0.2, 0.25) is 0 Å². The minimum atomic E-state index is -0.748. The van der Waals surface area contributed by atoms with Crippen molar-refractivity contribution in [2.75, 3.05) is 0 Å². The molecule has 166 valence electrons. The highest BCUT2D eigenvalue weighted by Crippen LogP contribution is 2.68. The summed E-state index contributed by atoms with van der Waals surface area (Å²) in [4.78, 5) is 11.1. The smallest absolute Gasteiger partial charge is 0.303 e. The van der Waals surface area contributed by atoms with Crippen LogP contribution in [0.1, 0.15) is 78.6 Å². The number of hydrogen-bond donors (Lipinski definition) is 4.